The normalized spacial score (nSPS) is 27.9. The van der Waals surface area contributed by atoms with Gasteiger partial charge in [-0.05, 0) is 62.5 Å². The van der Waals surface area contributed by atoms with Gasteiger partial charge in [0.1, 0.15) is 0 Å². The highest BCUT2D eigenvalue weighted by Gasteiger charge is 2.51. The number of anilines is 1. The second-order valence-electron chi connectivity index (χ2n) is 9.85. The Morgan fingerprint density at radius 2 is 1.91 bits per heavy atom. The summed E-state index contributed by atoms with van der Waals surface area (Å²) in [4.78, 5) is 29.3. The van der Waals surface area contributed by atoms with E-state index in [2.05, 4.69) is 64.6 Å². The van der Waals surface area contributed by atoms with Crippen molar-refractivity contribution in [3.8, 4) is 11.1 Å². The highest BCUT2D eigenvalue weighted by atomic mass is 32.2. The maximum Gasteiger partial charge on any atom is 0.326 e. The van der Waals surface area contributed by atoms with Crippen LogP contribution in [-0.4, -0.2) is 49.0 Å². The van der Waals surface area contributed by atoms with E-state index < -0.39 is 0 Å². The van der Waals surface area contributed by atoms with Gasteiger partial charge in [0.2, 0.25) is 0 Å². The molecule has 2 aromatic carbocycles. The molecule has 0 bridgehead atoms. The Kier molecular flexibility index (Phi) is 6.04. The van der Waals surface area contributed by atoms with Crippen molar-refractivity contribution in [2.75, 3.05) is 24.5 Å². The molecule has 0 saturated carbocycles. The second-order valence-corrected chi connectivity index (χ2v) is 11.0. The minimum absolute atomic E-state index is 0.00640. The van der Waals surface area contributed by atoms with Crippen LogP contribution in [-0.2, 0) is 4.79 Å². The van der Waals surface area contributed by atoms with Crippen LogP contribution in [0.5, 0.6) is 0 Å². The smallest absolute Gasteiger partial charge is 0.326 e. The van der Waals surface area contributed by atoms with Gasteiger partial charge in [-0.1, -0.05) is 53.7 Å². The summed E-state index contributed by atoms with van der Waals surface area (Å²) in [6.45, 7) is 4.70. The van der Waals surface area contributed by atoms with Gasteiger partial charge in [-0.15, -0.1) is 0 Å². The van der Waals surface area contributed by atoms with E-state index in [0.29, 0.717) is 4.91 Å². The van der Waals surface area contributed by atoms with E-state index in [-0.39, 0.29) is 35.3 Å². The number of rotatable bonds is 4. The van der Waals surface area contributed by atoms with Gasteiger partial charge in [-0.3, -0.25) is 9.69 Å². The molecule has 35 heavy (non-hydrogen) atoms. The first kappa shape index (κ1) is 22.6. The van der Waals surface area contributed by atoms with Crippen LogP contribution in [0.1, 0.15) is 24.8 Å². The zero-order valence-electron chi connectivity index (χ0n) is 19.8. The first-order valence-electron chi connectivity index (χ1n) is 12.5. The van der Waals surface area contributed by atoms with Crippen LogP contribution in [0.4, 0.5) is 10.5 Å². The van der Waals surface area contributed by atoms with Crippen molar-refractivity contribution in [2.24, 2.45) is 5.92 Å². The molecule has 7 nitrogen and oxygen atoms in total. The van der Waals surface area contributed by atoms with E-state index in [0.717, 1.165) is 61.4 Å². The highest BCUT2D eigenvalue weighted by molar-refractivity contribution is 8.04. The number of thioether (sulfide) groups is 1. The number of amides is 3. The third kappa shape index (κ3) is 4.24. The summed E-state index contributed by atoms with van der Waals surface area (Å²) in [5.41, 5.74) is 5.11. The average molecular weight is 490 g/mol. The fourth-order valence-corrected chi connectivity index (χ4v) is 7.21. The van der Waals surface area contributed by atoms with Crippen LogP contribution in [0.2, 0.25) is 0 Å². The number of urea groups is 1. The maximum atomic E-state index is 13.5. The van der Waals surface area contributed by atoms with Gasteiger partial charge in [0.15, 0.2) is 0 Å². The quantitative estimate of drug-likeness (QED) is 0.530. The van der Waals surface area contributed by atoms with Crippen molar-refractivity contribution in [1.82, 2.24) is 21.3 Å². The van der Waals surface area contributed by atoms with Gasteiger partial charge in [0.05, 0.1) is 16.3 Å². The molecule has 4 aliphatic rings. The molecule has 2 aromatic rings. The zero-order chi connectivity index (χ0) is 23.9. The topological polar surface area (TPSA) is 85.5 Å². The van der Waals surface area contributed by atoms with Gasteiger partial charge in [0.25, 0.3) is 5.91 Å². The number of nitrogens with zero attached hydrogens (tertiary/aromatic N) is 1. The zero-order valence-corrected chi connectivity index (χ0v) is 20.7. The molecule has 8 heteroatoms. The summed E-state index contributed by atoms with van der Waals surface area (Å²) in [7, 11) is 0. The lowest BCUT2D eigenvalue weighted by Crippen LogP contribution is -2.62. The van der Waals surface area contributed by atoms with E-state index in [9.17, 15) is 9.59 Å². The van der Waals surface area contributed by atoms with E-state index in [4.69, 9.17) is 0 Å². The molecular weight excluding hydrogens is 458 g/mol. The van der Waals surface area contributed by atoms with Crippen molar-refractivity contribution < 1.29 is 9.59 Å². The summed E-state index contributed by atoms with van der Waals surface area (Å²) in [6, 6.07) is 16.6. The maximum absolute atomic E-state index is 13.5. The number of piperidine rings is 2. The lowest BCUT2D eigenvalue weighted by molar-refractivity contribution is -0.117. The number of nitrogens with one attached hydrogen (secondary N) is 4. The van der Waals surface area contributed by atoms with Crippen molar-refractivity contribution in [2.45, 2.75) is 43.6 Å². The van der Waals surface area contributed by atoms with E-state index in [1.54, 1.807) is 11.8 Å². The first-order chi connectivity index (χ1) is 17.1. The van der Waals surface area contributed by atoms with E-state index >= 15 is 0 Å². The second kappa shape index (κ2) is 9.33. The van der Waals surface area contributed by atoms with Crippen LogP contribution in [0, 0.1) is 12.8 Å². The third-order valence-corrected chi connectivity index (χ3v) is 8.81. The van der Waals surface area contributed by atoms with E-state index in [1.807, 2.05) is 17.0 Å². The predicted molar refractivity (Wildman–Crippen MR) is 140 cm³/mol. The molecule has 4 atom stereocenters. The highest BCUT2D eigenvalue weighted by Crippen LogP contribution is 2.48. The number of carbonyl (C=O) groups excluding carboxylic acids is 2. The van der Waals surface area contributed by atoms with Crippen molar-refractivity contribution in [3.05, 3.63) is 64.7 Å². The minimum atomic E-state index is -0.157. The SMILES string of the molecule is Cc1cccc(-c2cccc(N3C(=O)NC4=C(C(=O)N[C@@H]5CCCNC5)SC5NCCC3C45)c2)c1. The van der Waals surface area contributed by atoms with Gasteiger partial charge in [-0.2, -0.15) is 0 Å². The third-order valence-electron chi connectivity index (χ3n) is 7.46. The van der Waals surface area contributed by atoms with Gasteiger partial charge in [0, 0.05) is 29.9 Å². The Labute approximate surface area is 210 Å². The van der Waals surface area contributed by atoms with Gasteiger partial charge >= 0.3 is 6.03 Å². The van der Waals surface area contributed by atoms with Gasteiger partial charge in [-0.25, -0.2) is 4.79 Å². The Balaban J connectivity index is 1.30. The Hall–Kier alpha value is -2.81. The molecule has 0 aromatic heterocycles. The lowest BCUT2D eigenvalue weighted by atomic mass is 9.86. The molecule has 0 radical (unpaired) electrons. The fourth-order valence-electron chi connectivity index (χ4n) is 5.81. The molecule has 4 aliphatic heterocycles. The monoisotopic (exact) mass is 489 g/mol. The molecule has 3 saturated heterocycles. The summed E-state index contributed by atoms with van der Waals surface area (Å²) in [6.07, 6.45) is 2.89. The molecule has 4 heterocycles. The molecule has 3 unspecified atom stereocenters. The fraction of sp³-hybridized carbons (Fsp3) is 0.407. The Bertz CT molecular complexity index is 1190. The van der Waals surface area contributed by atoms with Crippen LogP contribution in [0.3, 0.4) is 0 Å². The van der Waals surface area contributed by atoms with Crippen LogP contribution in [0.15, 0.2) is 59.1 Å². The molecule has 3 amide bonds. The molecule has 4 N–H and O–H groups in total. The largest absolute Gasteiger partial charge is 0.348 e. The first-order valence-corrected chi connectivity index (χ1v) is 13.4. The van der Waals surface area contributed by atoms with Gasteiger partial charge < -0.3 is 21.3 Å². The lowest BCUT2D eigenvalue weighted by Gasteiger charge is -2.45. The van der Waals surface area contributed by atoms with Crippen molar-refractivity contribution in [3.63, 3.8) is 0 Å². The number of hydrogen-bond donors (Lipinski definition) is 4. The van der Waals surface area contributed by atoms with Crippen molar-refractivity contribution in [1.29, 1.82) is 0 Å². The molecule has 182 valence electrons. The molecule has 6 rings (SSSR count). The minimum Gasteiger partial charge on any atom is -0.348 e. The summed E-state index contributed by atoms with van der Waals surface area (Å²) in [5.74, 6) is -0.0110. The van der Waals surface area contributed by atoms with Crippen LogP contribution in [0.25, 0.3) is 11.1 Å². The van der Waals surface area contributed by atoms with Crippen LogP contribution >= 0.6 is 11.8 Å². The Morgan fingerprint density at radius 1 is 1.09 bits per heavy atom. The number of hydrogen-bond acceptors (Lipinski definition) is 5. The van der Waals surface area contributed by atoms with Crippen LogP contribution < -0.4 is 26.2 Å². The standard InChI is InChI=1S/C27H31N5O2S/c1-16-5-2-6-17(13-16)18-7-3-9-20(14-18)32-21-10-12-29-26-22(21)23(31-27(32)34)24(35-26)25(33)30-19-8-4-11-28-15-19/h2-3,5-7,9,13-14,19,21-22,26,28-29H,4,8,10-12,15H2,1H3,(H,30,33)(H,31,34)/t19-,21?,22?,26?/m1/s1. The number of benzene rings is 2. The Morgan fingerprint density at radius 3 is 2.71 bits per heavy atom. The molecule has 3 fully saturated rings. The number of carbonyl (C=O) groups is 2. The predicted octanol–water partition coefficient (Wildman–Crippen LogP) is 3.32. The van der Waals surface area contributed by atoms with E-state index in [1.165, 1.54) is 5.56 Å². The summed E-state index contributed by atoms with van der Waals surface area (Å²) < 4.78 is 0. The number of aryl methyl sites for hydroxylation is 1. The summed E-state index contributed by atoms with van der Waals surface area (Å²) >= 11 is 1.56. The average Bonchev–Trinajstić information content (AvgIpc) is 3.24. The molecule has 0 aliphatic carbocycles. The molecule has 0 spiro atoms. The molecular formula is C27H31N5O2S. The summed E-state index contributed by atoms with van der Waals surface area (Å²) in [5, 5.41) is 13.3. The van der Waals surface area contributed by atoms with Crippen molar-refractivity contribution >= 4 is 29.4 Å².